The number of aromatic nitrogens is 2. The normalized spacial score (nSPS) is 11.6. The molecule has 0 N–H and O–H groups in total. The fourth-order valence-corrected chi connectivity index (χ4v) is 7.70. The molecule has 10 rings (SSSR count). The maximum atomic E-state index is 9.88. The van der Waals surface area contributed by atoms with E-state index in [2.05, 4.69) is 130 Å². The van der Waals surface area contributed by atoms with Crippen LogP contribution in [0.25, 0.3) is 88.1 Å². The van der Waals surface area contributed by atoms with E-state index in [4.69, 9.17) is 4.42 Å². The molecule has 49 heavy (non-hydrogen) atoms. The Hall–Kier alpha value is -7.08. The highest BCUT2D eigenvalue weighted by atomic mass is 16.3. The van der Waals surface area contributed by atoms with Crippen molar-refractivity contribution in [1.82, 2.24) is 9.13 Å². The molecule has 0 amide bonds. The average molecular weight is 625 g/mol. The molecule has 0 spiro atoms. The molecule has 10 aromatic rings. The van der Waals surface area contributed by atoms with Gasteiger partial charge in [-0.15, -0.1) is 0 Å². The van der Waals surface area contributed by atoms with Crippen molar-refractivity contribution in [2.75, 3.05) is 0 Å². The second-order valence-electron chi connectivity index (χ2n) is 12.4. The number of fused-ring (bicyclic) bond motifs is 10. The van der Waals surface area contributed by atoms with Gasteiger partial charge in [0.1, 0.15) is 11.2 Å². The van der Waals surface area contributed by atoms with Gasteiger partial charge < -0.3 is 13.6 Å². The van der Waals surface area contributed by atoms with Gasteiger partial charge >= 0.3 is 0 Å². The molecule has 0 fully saturated rings. The van der Waals surface area contributed by atoms with E-state index in [0.29, 0.717) is 11.1 Å². The van der Waals surface area contributed by atoms with Crippen molar-refractivity contribution in [3.05, 3.63) is 157 Å². The van der Waals surface area contributed by atoms with E-state index in [1.807, 2.05) is 30.3 Å². The predicted molar refractivity (Wildman–Crippen MR) is 197 cm³/mol. The lowest BCUT2D eigenvalue weighted by atomic mass is 9.98. The fourth-order valence-electron chi connectivity index (χ4n) is 7.70. The second-order valence-corrected chi connectivity index (χ2v) is 12.4. The van der Waals surface area contributed by atoms with Crippen LogP contribution >= 0.6 is 0 Å². The van der Waals surface area contributed by atoms with Crippen molar-refractivity contribution in [2.24, 2.45) is 0 Å². The number of furan rings is 1. The maximum Gasteiger partial charge on any atom is 0.145 e. The van der Waals surface area contributed by atoms with Crippen LogP contribution in [0.1, 0.15) is 11.1 Å². The van der Waals surface area contributed by atoms with Gasteiger partial charge in [-0.25, -0.2) is 0 Å². The van der Waals surface area contributed by atoms with Gasteiger partial charge in [-0.2, -0.15) is 10.5 Å². The van der Waals surface area contributed by atoms with Crippen molar-refractivity contribution < 1.29 is 4.42 Å². The SMILES string of the molecule is N#Cc1cc(C#N)cc(-c2ccc(-n3c4ccccc4c4c5oc6ccccc6c5ccc43)cc2-n2c3ccccc3c3ccccc32)c1. The Kier molecular flexibility index (Phi) is 5.64. The highest BCUT2D eigenvalue weighted by molar-refractivity contribution is 6.24. The van der Waals surface area contributed by atoms with E-state index in [9.17, 15) is 10.5 Å². The number of hydrogen-bond donors (Lipinski definition) is 0. The summed E-state index contributed by atoms with van der Waals surface area (Å²) in [5.41, 5.74) is 10.6. The van der Waals surface area contributed by atoms with E-state index in [-0.39, 0.29) is 0 Å². The van der Waals surface area contributed by atoms with Gasteiger partial charge in [-0.3, -0.25) is 0 Å². The number of hydrogen-bond acceptors (Lipinski definition) is 3. The van der Waals surface area contributed by atoms with Crippen molar-refractivity contribution in [3.8, 4) is 34.6 Å². The van der Waals surface area contributed by atoms with E-state index in [1.54, 1.807) is 6.07 Å². The summed E-state index contributed by atoms with van der Waals surface area (Å²) in [6.07, 6.45) is 0. The molecule has 0 aliphatic carbocycles. The lowest BCUT2D eigenvalue weighted by Crippen LogP contribution is -2.01. The fraction of sp³-hybridized carbons (Fsp3) is 0. The molecule has 5 nitrogen and oxygen atoms in total. The number of benzene rings is 7. The topological polar surface area (TPSA) is 70.6 Å². The van der Waals surface area contributed by atoms with Crippen molar-refractivity contribution in [3.63, 3.8) is 0 Å². The zero-order valence-electron chi connectivity index (χ0n) is 26.1. The molecule has 7 aromatic carbocycles. The van der Waals surface area contributed by atoms with E-state index >= 15 is 0 Å². The molecule has 0 radical (unpaired) electrons. The van der Waals surface area contributed by atoms with Crippen LogP contribution in [0, 0.1) is 22.7 Å². The summed E-state index contributed by atoms with van der Waals surface area (Å²) in [4.78, 5) is 0. The van der Waals surface area contributed by atoms with E-state index in [0.717, 1.165) is 88.1 Å². The minimum Gasteiger partial charge on any atom is -0.455 e. The molecule has 3 heterocycles. The standard InChI is InChI=1S/C44H24N4O/c45-25-27-21-28(26-46)23-29(22-27)31-18-17-30(24-41(31)48-37-13-5-1-9-32(37)33-10-2-6-14-38(33)48)47-39-15-7-3-12-36(39)43-40(47)20-19-35-34-11-4-8-16-42(34)49-44(35)43/h1-24H. The molecule has 0 atom stereocenters. The van der Waals surface area contributed by atoms with Crippen molar-refractivity contribution >= 4 is 65.6 Å². The Morgan fingerprint density at radius 3 is 1.73 bits per heavy atom. The van der Waals surface area contributed by atoms with Crippen LogP contribution in [0.15, 0.2) is 150 Å². The van der Waals surface area contributed by atoms with Gasteiger partial charge in [0.2, 0.25) is 0 Å². The third kappa shape index (κ3) is 3.85. The molecule has 226 valence electrons. The minimum atomic E-state index is 0.448. The van der Waals surface area contributed by atoms with Crippen LogP contribution in [0.5, 0.6) is 0 Å². The van der Waals surface area contributed by atoms with E-state index < -0.39 is 0 Å². The lowest BCUT2D eigenvalue weighted by Gasteiger charge is -2.18. The number of para-hydroxylation sites is 4. The van der Waals surface area contributed by atoms with Gasteiger partial charge in [0, 0.05) is 38.2 Å². The monoisotopic (exact) mass is 624 g/mol. The molecule has 0 aliphatic heterocycles. The van der Waals surface area contributed by atoms with Gasteiger partial charge in [-0.05, 0) is 72.3 Å². The summed E-state index contributed by atoms with van der Waals surface area (Å²) < 4.78 is 11.2. The Morgan fingerprint density at radius 1 is 0.469 bits per heavy atom. The molecular weight excluding hydrogens is 601 g/mol. The van der Waals surface area contributed by atoms with Crippen LogP contribution in [0.2, 0.25) is 0 Å². The third-order valence-electron chi connectivity index (χ3n) is 9.74. The first kappa shape index (κ1) is 27.1. The summed E-state index contributed by atoms with van der Waals surface area (Å²) in [5.74, 6) is 0. The van der Waals surface area contributed by atoms with Gasteiger partial charge in [0.15, 0.2) is 0 Å². The molecule has 0 bridgehead atoms. The third-order valence-corrected chi connectivity index (χ3v) is 9.74. The second kappa shape index (κ2) is 10.2. The first-order chi connectivity index (χ1) is 24.2. The summed E-state index contributed by atoms with van der Waals surface area (Å²) in [5, 5.41) is 26.5. The smallest absolute Gasteiger partial charge is 0.145 e. The molecule has 0 unspecified atom stereocenters. The first-order valence-corrected chi connectivity index (χ1v) is 16.1. The summed E-state index contributed by atoms with van der Waals surface area (Å²) in [7, 11) is 0. The van der Waals surface area contributed by atoms with E-state index in [1.165, 1.54) is 0 Å². The van der Waals surface area contributed by atoms with Crippen LogP contribution < -0.4 is 0 Å². The number of rotatable bonds is 3. The number of nitrogens with zero attached hydrogens (tertiary/aromatic N) is 4. The lowest BCUT2D eigenvalue weighted by molar-refractivity contribution is 0.673. The van der Waals surface area contributed by atoms with Crippen LogP contribution in [-0.2, 0) is 0 Å². The van der Waals surface area contributed by atoms with Gasteiger partial charge in [0.05, 0.1) is 56.4 Å². The summed E-state index contributed by atoms with van der Waals surface area (Å²) in [6, 6.07) is 54.3. The minimum absolute atomic E-state index is 0.448. The Labute approximate surface area is 280 Å². The highest BCUT2D eigenvalue weighted by Gasteiger charge is 2.21. The molecule has 0 saturated carbocycles. The Bertz CT molecular complexity index is 3000. The van der Waals surface area contributed by atoms with Crippen molar-refractivity contribution in [1.29, 1.82) is 10.5 Å². The van der Waals surface area contributed by atoms with Crippen molar-refractivity contribution in [2.45, 2.75) is 0 Å². The molecule has 5 heteroatoms. The largest absolute Gasteiger partial charge is 0.455 e. The molecular formula is C44H24N4O. The molecule has 0 aliphatic rings. The predicted octanol–water partition coefficient (Wildman–Crippen LogP) is 11.2. The van der Waals surface area contributed by atoms with Crippen LogP contribution in [0.3, 0.4) is 0 Å². The average Bonchev–Trinajstić information content (AvgIpc) is 3.82. The van der Waals surface area contributed by atoms with Gasteiger partial charge in [0.25, 0.3) is 0 Å². The van der Waals surface area contributed by atoms with Crippen LogP contribution in [-0.4, -0.2) is 9.13 Å². The highest BCUT2D eigenvalue weighted by Crippen LogP contribution is 2.42. The maximum absolute atomic E-state index is 9.88. The summed E-state index contributed by atoms with van der Waals surface area (Å²) >= 11 is 0. The molecule has 3 aromatic heterocycles. The first-order valence-electron chi connectivity index (χ1n) is 16.1. The molecule has 0 saturated heterocycles. The number of nitriles is 2. The Balaban J connectivity index is 1.33. The zero-order chi connectivity index (χ0) is 32.6. The quantitative estimate of drug-likeness (QED) is 0.196. The Morgan fingerprint density at radius 2 is 1.06 bits per heavy atom. The summed E-state index contributed by atoms with van der Waals surface area (Å²) in [6.45, 7) is 0. The zero-order valence-corrected chi connectivity index (χ0v) is 26.1. The van der Waals surface area contributed by atoms with Gasteiger partial charge in [-0.1, -0.05) is 78.9 Å². The van der Waals surface area contributed by atoms with Crippen LogP contribution in [0.4, 0.5) is 0 Å².